The number of aliphatic carboxylic acids is 1. The van der Waals surface area contributed by atoms with E-state index in [9.17, 15) is 14.3 Å². The van der Waals surface area contributed by atoms with Gasteiger partial charge in [0, 0.05) is 18.5 Å². The van der Waals surface area contributed by atoms with Crippen LogP contribution in [0.25, 0.3) is 21.9 Å². The number of halogens is 1. The zero-order valence-corrected chi connectivity index (χ0v) is 14.6. The number of carboxylic acids is 1. The normalized spacial score (nSPS) is 21.7. The van der Waals surface area contributed by atoms with E-state index >= 15 is 0 Å². The van der Waals surface area contributed by atoms with Crippen LogP contribution in [0.15, 0.2) is 24.5 Å². The fourth-order valence-electron chi connectivity index (χ4n) is 4.32. The number of nitrogens with one attached hydrogen (secondary N) is 1. The minimum Gasteiger partial charge on any atom is -0.481 e. The van der Waals surface area contributed by atoms with E-state index in [4.69, 9.17) is 4.74 Å². The van der Waals surface area contributed by atoms with Crippen LogP contribution in [0, 0.1) is 5.82 Å². The quantitative estimate of drug-likeness (QED) is 0.737. The van der Waals surface area contributed by atoms with Gasteiger partial charge in [-0.1, -0.05) is 0 Å². The highest BCUT2D eigenvalue weighted by Crippen LogP contribution is 2.42. The van der Waals surface area contributed by atoms with Crippen LogP contribution in [0.3, 0.4) is 0 Å². The summed E-state index contributed by atoms with van der Waals surface area (Å²) in [4.78, 5) is 25.3. The maximum Gasteiger partial charge on any atom is 0.306 e. The molecular formula is C19H19FN4O3. The molecule has 2 N–H and O–H groups in total. The van der Waals surface area contributed by atoms with Crippen molar-refractivity contribution in [3.63, 3.8) is 0 Å². The summed E-state index contributed by atoms with van der Waals surface area (Å²) in [6.07, 6.45) is 3.99. The molecule has 0 unspecified atom stereocenters. The molecular weight excluding hydrogens is 351 g/mol. The molecule has 1 saturated carbocycles. The molecule has 1 aromatic carbocycles. The van der Waals surface area contributed by atoms with Crippen molar-refractivity contribution in [3.05, 3.63) is 30.3 Å². The number of aromatic amines is 1. The summed E-state index contributed by atoms with van der Waals surface area (Å²) in [5.74, 6) is -0.445. The summed E-state index contributed by atoms with van der Waals surface area (Å²) < 4.78 is 19.8. The molecule has 1 spiro atoms. The molecule has 3 heterocycles. The van der Waals surface area contributed by atoms with Gasteiger partial charge in [-0.25, -0.2) is 14.4 Å². The molecule has 140 valence electrons. The number of rotatable bonds is 3. The van der Waals surface area contributed by atoms with Gasteiger partial charge in [0.2, 0.25) is 0 Å². The van der Waals surface area contributed by atoms with Crippen LogP contribution in [-0.4, -0.2) is 50.8 Å². The number of nitrogens with zero attached hydrogens (tertiary/aromatic N) is 3. The van der Waals surface area contributed by atoms with Crippen molar-refractivity contribution in [1.82, 2.24) is 15.0 Å². The summed E-state index contributed by atoms with van der Waals surface area (Å²) in [6.45, 7) is 1.12. The maximum absolute atomic E-state index is 13.6. The highest BCUT2D eigenvalue weighted by atomic mass is 19.1. The van der Waals surface area contributed by atoms with Crippen LogP contribution in [0.2, 0.25) is 0 Å². The van der Waals surface area contributed by atoms with Crippen molar-refractivity contribution in [1.29, 1.82) is 0 Å². The molecule has 0 bridgehead atoms. The molecule has 5 rings (SSSR count). The fraction of sp³-hybridized carbons (Fsp3) is 0.421. The summed E-state index contributed by atoms with van der Waals surface area (Å²) in [5, 5.41) is 10.9. The Labute approximate surface area is 154 Å². The van der Waals surface area contributed by atoms with Gasteiger partial charge in [-0.2, -0.15) is 0 Å². The summed E-state index contributed by atoms with van der Waals surface area (Å²) in [5.41, 5.74) is 1.01. The van der Waals surface area contributed by atoms with Crippen LogP contribution < -0.4 is 4.90 Å². The number of carbonyl (C=O) groups is 1. The molecule has 0 radical (unpaired) electrons. The van der Waals surface area contributed by atoms with E-state index in [-0.39, 0.29) is 23.9 Å². The Bertz CT molecular complexity index is 1050. The molecule has 2 fully saturated rings. The minimum absolute atomic E-state index is 0.0361. The second-order valence-corrected chi connectivity index (χ2v) is 7.49. The Morgan fingerprint density at radius 2 is 2.26 bits per heavy atom. The van der Waals surface area contributed by atoms with Gasteiger partial charge < -0.3 is 19.7 Å². The fourth-order valence-corrected chi connectivity index (χ4v) is 4.32. The summed E-state index contributed by atoms with van der Waals surface area (Å²) >= 11 is 0. The molecule has 27 heavy (non-hydrogen) atoms. The molecule has 1 aliphatic carbocycles. The first-order chi connectivity index (χ1) is 13.0. The van der Waals surface area contributed by atoms with Crippen molar-refractivity contribution in [3.8, 4) is 0 Å². The van der Waals surface area contributed by atoms with Gasteiger partial charge in [0.05, 0.1) is 29.0 Å². The Kier molecular flexibility index (Phi) is 3.58. The van der Waals surface area contributed by atoms with Crippen molar-refractivity contribution in [2.24, 2.45) is 0 Å². The molecule has 2 aliphatic rings. The highest BCUT2D eigenvalue weighted by molar-refractivity contribution is 6.11. The number of H-pyrrole nitrogens is 1. The molecule has 0 amide bonds. The van der Waals surface area contributed by atoms with E-state index in [0.29, 0.717) is 24.3 Å². The first kappa shape index (κ1) is 16.4. The monoisotopic (exact) mass is 370 g/mol. The lowest BCUT2D eigenvalue weighted by Gasteiger charge is -2.51. The lowest BCUT2D eigenvalue weighted by Crippen LogP contribution is -2.59. The highest BCUT2D eigenvalue weighted by Gasteiger charge is 2.46. The van der Waals surface area contributed by atoms with E-state index in [2.05, 4.69) is 19.9 Å². The topological polar surface area (TPSA) is 91.3 Å². The first-order valence-electron chi connectivity index (χ1n) is 9.09. The Morgan fingerprint density at radius 3 is 3.00 bits per heavy atom. The summed E-state index contributed by atoms with van der Waals surface area (Å²) in [6, 6.07) is 4.60. The predicted octanol–water partition coefficient (Wildman–Crippen LogP) is 2.85. The van der Waals surface area contributed by atoms with Gasteiger partial charge in [-0.3, -0.25) is 4.79 Å². The van der Waals surface area contributed by atoms with Gasteiger partial charge in [0.25, 0.3) is 0 Å². The first-order valence-corrected chi connectivity index (χ1v) is 9.09. The number of hydrogen-bond acceptors (Lipinski definition) is 5. The molecule has 1 atom stereocenters. The lowest BCUT2D eigenvalue weighted by molar-refractivity contribution is -0.163. The Balaban J connectivity index is 1.61. The standard InChI is InChI=1S/C19H19FN4O3/c20-11-2-3-13-14(6-11)23-17-16(13)18(22-10-21-17)24-8-12(7-15(25)26)27-19(9-24)4-1-5-19/h2-3,6,10,12H,1,4-5,7-9H2,(H,25,26)(H,21,22,23)/t12-/m0/s1. The van der Waals surface area contributed by atoms with Crippen LogP contribution in [0.5, 0.6) is 0 Å². The van der Waals surface area contributed by atoms with Gasteiger partial charge in [0.15, 0.2) is 0 Å². The lowest BCUT2D eigenvalue weighted by atomic mass is 9.78. The van der Waals surface area contributed by atoms with E-state index in [1.165, 1.54) is 18.5 Å². The molecule has 1 saturated heterocycles. The number of anilines is 1. The second kappa shape index (κ2) is 5.88. The average molecular weight is 370 g/mol. The van der Waals surface area contributed by atoms with Crippen molar-refractivity contribution < 1.29 is 19.0 Å². The average Bonchev–Trinajstić information content (AvgIpc) is 2.96. The molecule has 2 aromatic heterocycles. The Morgan fingerprint density at radius 1 is 1.41 bits per heavy atom. The van der Waals surface area contributed by atoms with Crippen LogP contribution in [-0.2, 0) is 9.53 Å². The molecule has 8 heteroatoms. The van der Waals surface area contributed by atoms with E-state index in [1.54, 1.807) is 6.07 Å². The minimum atomic E-state index is -0.869. The van der Waals surface area contributed by atoms with E-state index in [1.807, 2.05) is 0 Å². The van der Waals surface area contributed by atoms with Gasteiger partial charge in [0.1, 0.15) is 23.6 Å². The van der Waals surface area contributed by atoms with E-state index < -0.39 is 5.97 Å². The van der Waals surface area contributed by atoms with Crippen molar-refractivity contribution in [2.75, 3.05) is 18.0 Å². The van der Waals surface area contributed by atoms with Crippen LogP contribution in [0.1, 0.15) is 25.7 Å². The van der Waals surface area contributed by atoms with Crippen molar-refractivity contribution >= 4 is 33.7 Å². The number of fused-ring (bicyclic) bond motifs is 3. The smallest absolute Gasteiger partial charge is 0.306 e. The van der Waals surface area contributed by atoms with Crippen molar-refractivity contribution in [2.45, 2.75) is 37.4 Å². The van der Waals surface area contributed by atoms with Crippen LogP contribution >= 0.6 is 0 Å². The number of ether oxygens (including phenoxy) is 1. The molecule has 7 nitrogen and oxygen atoms in total. The third kappa shape index (κ3) is 2.71. The van der Waals surface area contributed by atoms with E-state index in [0.717, 1.165) is 35.9 Å². The second-order valence-electron chi connectivity index (χ2n) is 7.49. The maximum atomic E-state index is 13.6. The van der Waals surface area contributed by atoms with Gasteiger partial charge >= 0.3 is 5.97 Å². The SMILES string of the molecule is O=C(O)C[C@H]1CN(c2ncnc3[nH]c4cc(F)ccc4c23)CC2(CCC2)O1. The third-order valence-corrected chi connectivity index (χ3v) is 5.62. The zero-order chi connectivity index (χ0) is 18.6. The number of morpholine rings is 1. The molecule has 1 aliphatic heterocycles. The summed E-state index contributed by atoms with van der Waals surface area (Å²) in [7, 11) is 0. The van der Waals surface area contributed by atoms with Gasteiger partial charge in [-0.05, 0) is 37.5 Å². The third-order valence-electron chi connectivity index (χ3n) is 5.62. The van der Waals surface area contributed by atoms with Gasteiger partial charge in [-0.15, -0.1) is 0 Å². The zero-order valence-electron chi connectivity index (χ0n) is 14.6. The number of aromatic nitrogens is 3. The Hall–Kier alpha value is -2.74. The number of hydrogen-bond donors (Lipinski definition) is 2. The predicted molar refractivity (Wildman–Crippen MR) is 97.3 cm³/mol. The number of benzene rings is 1. The largest absolute Gasteiger partial charge is 0.481 e. The van der Waals surface area contributed by atoms with Crippen LogP contribution in [0.4, 0.5) is 10.2 Å². The molecule has 3 aromatic rings. The number of carboxylic acid groups (broad SMARTS) is 1.